The van der Waals surface area contributed by atoms with Crippen LogP contribution in [0.2, 0.25) is 5.02 Å². The Morgan fingerprint density at radius 2 is 1.70 bits per heavy atom. The lowest BCUT2D eigenvalue weighted by atomic mass is 9.95. The third-order valence-corrected chi connectivity index (χ3v) is 6.53. The summed E-state index contributed by atoms with van der Waals surface area (Å²) in [5.41, 5.74) is -0.303. The normalized spacial score (nSPS) is 11.3. The maximum absolute atomic E-state index is 15.3. The highest BCUT2D eigenvalue weighted by atomic mass is 79.9. The van der Waals surface area contributed by atoms with Gasteiger partial charge in [0.05, 0.1) is 16.1 Å². The molecule has 0 unspecified atom stereocenters. The van der Waals surface area contributed by atoms with Crippen LogP contribution in [-0.4, -0.2) is 30.6 Å². The summed E-state index contributed by atoms with van der Waals surface area (Å²) >= 11 is 9.47. The number of carbonyl (C=O) groups is 3. The molecule has 2 N–H and O–H groups in total. The fourth-order valence-corrected chi connectivity index (χ4v) is 4.09. The first-order chi connectivity index (χ1) is 18.8. The van der Waals surface area contributed by atoms with E-state index in [1.165, 1.54) is 30.3 Å². The van der Waals surface area contributed by atoms with Gasteiger partial charge in [0, 0.05) is 34.1 Å². The van der Waals surface area contributed by atoms with E-state index in [0.29, 0.717) is 11.3 Å². The smallest absolute Gasteiger partial charge is 0.272 e. The average Bonchev–Trinajstić information content (AvgIpc) is 2.88. The predicted molar refractivity (Wildman–Crippen MR) is 151 cm³/mol. The van der Waals surface area contributed by atoms with E-state index >= 15 is 4.39 Å². The van der Waals surface area contributed by atoms with Gasteiger partial charge >= 0.3 is 0 Å². The van der Waals surface area contributed by atoms with Crippen molar-refractivity contribution in [1.29, 1.82) is 0 Å². The topological polar surface area (TPSA) is 84.5 Å². The Kier molecular flexibility index (Phi) is 10.4. The number of halogens is 5. The van der Waals surface area contributed by atoms with Gasteiger partial charge in [-0.25, -0.2) is 13.2 Å². The van der Waals surface area contributed by atoms with Gasteiger partial charge in [-0.15, -0.1) is 0 Å². The number of hydrogen-bond donors (Lipinski definition) is 2. The van der Waals surface area contributed by atoms with Crippen LogP contribution < -0.4 is 15.4 Å². The highest BCUT2D eigenvalue weighted by Crippen LogP contribution is 2.27. The second-order valence-corrected chi connectivity index (χ2v) is 11.2. The lowest BCUT2D eigenvalue weighted by Crippen LogP contribution is -2.34. The van der Waals surface area contributed by atoms with E-state index in [1.54, 1.807) is 45.0 Å². The van der Waals surface area contributed by atoms with Crippen LogP contribution in [-0.2, 0) is 17.8 Å². The molecule has 212 valence electrons. The molecule has 0 radical (unpaired) electrons. The van der Waals surface area contributed by atoms with Crippen molar-refractivity contribution < 1.29 is 32.3 Å². The first-order valence-electron chi connectivity index (χ1n) is 12.2. The van der Waals surface area contributed by atoms with Crippen LogP contribution in [0.15, 0.2) is 59.1 Å². The highest BCUT2D eigenvalue weighted by Gasteiger charge is 2.24. The van der Waals surface area contributed by atoms with Gasteiger partial charge in [0.15, 0.2) is 5.78 Å². The number of alkyl halides is 2. The van der Waals surface area contributed by atoms with Crippen LogP contribution in [0.1, 0.15) is 52.6 Å². The maximum atomic E-state index is 15.3. The van der Waals surface area contributed by atoms with Crippen LogP contribution >= 0.6 is 27.5 Å². The van der Waals surface area contributed by atoms with Gasteiger partial charge in [0.2, 0.25) is 5.91 Å². The van der Waals surface area contributed by atoms with Crippen molar-refractivity contribution in [3.05, 3.63) is 92.2 Å². The molecule has 0 aliphatic carbocycles. The third kappa shape index (κ3) is 8.32. The van der Waals surface area contributed by atoms with E-state index in [1.807, 2.05) is 0 Å². The monoisotopic (exact) mass is 638 g/mol. The van der Waals surface area contributed by atoms with E-state index in [9.17, 15) is 23.2 Å². The largest absolute Gasteiger partial charge is 0.487 e. The van der Waals surface area contributed by atoms with Gasteiger partial charge in [0.1, 0.15) is 18.2 Å². The Balaban J connectivity index is 1.87. The number of ketones is 1. The van der Waals surface area contributed by atoms with E-state index in [0.717, 1.165) is 4.47 Å². The van der Waals surface area contributed by atoms with E-state index in [4.69, 9.17) is 16.3 Å². The molecule has 0 saturated carbocycles. The summed E-state index contributed by atoms with van der Waals surface area (Å²) in [6.45, 7) is 4.07. The van der Waals surface area contributed by atoms with Crippen LogP contribution in [0.25, 0.3) is 0 Å². The SMILES string of the molecule is CC(C)(C)C(=O)NCc1ccc(Cl)c(C(=O)Cc2ccc(OCC(F)F)c(C(=O)Nc3ccc(Br)cc3)c2)c1F. The second kappa shape index (κ2) is 13.3. The summed E-state index contributed by atoms with van der Waals surface area (Å²) in [7, 11) is 0. The van der Waals surface area contributed by atoms with Gasteiger partial charge in [-0.05, 0) is 48.0 Å². The number of amides is 2. The zero-order valence-electron chi connectivity index (χ0n) is 21.9. The van der Waals surface area contributed by atoms with Crippen molar-refractivity contribution in [3.63, 3.8) is 0 Å². The summed E-state index contributed by atoms with van der Waals surface area (Å²) in [6.07, 6.45) is -3.11. The lowest BCUT2D eigenvalue weighted by Gasteiger charge is -2.18. The van der Waals surface area contributed by atoms with Crippen molar-refractivity contribution in [1.82, 2.24) is 5.32 Å². The molecule has 0 aliphatic rings. The minimum Gasteiger partial charge on any atom is -0.487 e. The molecule has 0 aliphatic heterocycles. The van der Waals surface area contributed by atoms with E-state index in [2.05, 4.69) is 26.6 Å². The van der Waals surface area contributed by atoms with E-state index < -0.39 is 36.0 Å². The summed E-state index contributed by atoms with van der Waals surface area (Å²) in [4.78, 5) is 38.4. The molecule has 6 nitrogen and oxygen atoms in total. The van der Waals surface area contributed by atoms with Crippen molar-refractivity contribution in [2.75, 3.05) is 11.9 Å². The lowest BCUT2D eigenvalue weighted by molar-refractivity contribution is -0.128. The van der Waals surface area contributed by atoms with Gasteiger partial charge in [-0.2, -0.15) is 0 Å². The average molecular weight is 640 g/mol. The van der Waals surface area contributed by atoms with Crippen LogP contribution in [0, 0.1) is 11.2 Å². The molecule has 3 rings (SSSR count). The number of benzene rings is 3. The van der Waals surface area contributed by atoms with Crippen molar-refractivity contribution in [2.24, 2.45) is 5.41 Å². The standard InChI is InChI=1S/C29H27BrClF3N2O4/c1-29(2,3)28(39)35-14-17-5-10-21(31)25(26(17)34)22(37)13-16-4-11-23(40-15-24(32)33)20(12-16)27(38)36-19-8-6-18(30)7-9-19/h4-12,24H,13-15H2,1-3H3,(H,35,39)(H,36,38). The zero-order chi connectivity index (χ0) is 29.6. The summed E-state index contributed by atoms with van der Waals surface area (Å²) < 4.78 is 46.8. The number of ether oxygens (including phenoxy) is 1. The minimum absolute atomic E-state index is 0.0793. The fraction of sp³-hybridized carbons (Fsp3) is 0.276. The Labute approximate surface area is 243 Å². The van der Waals surface area contributed by atoms with Gasteiger partial charge in [-0.1, -0.05) is 60.4 Å². The zero-order valence-corrected chi connectivity index (χ0v) is 24.3. The van der Waals surface area contributed by atoms with Crippen LogP contribution in [0.3, 0.4) is 0 Å². The fourth-order valence-electron chi connectivity index (χ4n) is 3.58. The van der Waals surface area contributed by atoms with Crippen LogP contribution in [0.5, 0.6) is 5.75 Å². The number of hydrogen-bond acceptors (Lipinski definition) is 4. The molecule has 40 heavy (non-hydrogen) atoms. The Morgan fingerprint density at radius 1 is 1.02 bits per heavy atom. The molecule has 11 heteroatoms. The molecule has 0 heterocycles. The molecular formula is C29H27BrClF3N2O4. The molecule has 0 fully saturated rings. The molecule has 3 aromatic carbocycles. The Morgan fingerprint density at radius 3 is 2.33 bits per heavy atom. The molecule has 0 bridgehead atoms. The third-order valence-electron chi connectivity index (χ3n) is 5.69. The summed E-state index contributed by atoms with van der Waals surface area (Å²) in [5, 5.41) is 5.18. The number of Topliss-reactive ketones (excluding diaryl/α,β-unsaturated/α-hetero) is 1. The molecule has 0 atom stereocenters. The molecular weight excluding hydrogens is 613 g/mol. The number of rotatable bonds is 10. The highest BCUT2D eigenvalue weighted by molar-refractivity contribution is 9.10. The minimum atomic E-state index is -2.77. The van der Waals surface area contributed by atoms with Gasteiger partial charge in [-0.3, -0.25) is 14.4 Å². The van der Waals surface area contributed by atoms with Gasteiger partial charge in [0.25, 0.3) is 12.3 Å². The first kappa shape index (κ1) is 31.2. The number of anilines is 1. The molecule has 3 aromatic rings. The Bertz CT molecular complexity index is 1410. The van der Waals surface area contributed by atoms with Crippen molar-refractivity contribution >= 4 is 50.8 Å². The number of nitrogens with one attached hydrogen (secondary N) is 2. The molecule has 0 aromatic heterocycles. The van der Waals surface area contributed by atoms with Gasteiger partial charge < -0.3 is 15.4 Å². The van der Waals surface area contributed by atoms with Crippen LogP contribution in [0.4, 0.5) is 18.9 Å². The summed E-state index contributed by atoms with van der Waals surface area (Å²) in [6, 6.07) is 13.5. The molecule has 2 amide bonds. The Hall–Kier alpha value is -3.37. The van der Waals surface area contributed by atoms with Crippen molar-refractivity contribution in [2.45, 2.75) is 40.2 Å². The maximum Gasteiger partial charge on any atom is 0.272 e. The number of carbonyl (C=O) groups excluding carboxylic acids is 3. The second-order valence-electron chi connectivity index (χ2n) is 9.92. The quantitative estimate of drug-likeness (QED) is 0.229. The predicted octanol–water partition coefficient (Wildman–Crippen LogP) is 7.23. The molecule has 0 spiro atoms. The first-order valence-corrected chi connectivity index (χ1v) is 13.3. The summed E-state index contributed by atoms with van der Waals surface area (Å²) in [5.74, 6) is -2.59. The van der Waals surface area contributed by atoms with Crippen molar-refractivity contribution in [3.8, 4) is 5.75 Å². The van der Waals surface area contributed by atoms with E-state index in [-0.39, 0.29) is 46.3 Å². The molecule has 0 saturated heterocycles.